The van der Waals surface area contributed by atoms with Crippen LogP contribution in [0.25, 0.3) is 0 Å². The number of aryl methyl sites for hydroxylation is 1. The van der Waals surface area contributed by atoms with Crippen molar-refractivity contribution in [3.63, 3.8) is 0 Å². The molecule has 1 aliphatic carbocycles. The Kier molecular flexibility index (Phi) is 6.16. The Labute approximate surface area is 137 Å². The van der Waals surface area contributed by atoms with Gasteiger partial charge in [-0.1, -0.05) is 37.0 Å². The topological polar surface area (TPSA) is 78.4 Å². The summed E-state index contributed by atoms with van der Waals surface area (Å²) in [7, 11) is 0. The second-order valence-corrected chi connectivity index (χ2v) is 6.42. The largest absolute Gasteiger partial charge is 0.381 e. The third kappa shape index (κ3) is 5.06. The number of carbonyl (C=O) groups excluding carboxylic acids is 2. The van der Waals surface area contributed by atoms with Crippen molar-refractivity contribution < 1.29 is 14.7 Å². The molecule has 126 valence electrons. The lowest BCUT2D eigenvalue weighted by atomic mass is 9.95. The van der Waals surface area contributed by atoms with Gasteiger partial charge in [0.2, 0.25) is 0 Å². The average molecular weight is 318 g/mol. The third-order valence-corrected chi connectivity index (χ3v) is 4.37. The molecule has 3 N–H and O–H groups in total. The SMILES string of the molecule is Cc1ccc(C(=O)N[C@@H](C)C(O)C(=O)NC2CCCCC2)cc1. The lowest BCUT2D eigenvalue weighted by molar-refractivity contribution is -0.131. The second kappa shape index (κ2) is 8.11. The van der Waals surface area contributed by atoms with Gasteiger partial charge in [-0.3, -0.25) is 9.59 Å². The number of hydrogen-bond acceptors (Lipinski definition) is 3. The summed E-state index contributed by atoms with van der Waals surface area (Å²) < 4.78 is 0. The smallest absolute Gasteiger partial charge is 0.251 e. The third-order valence-electron chi connectivity index (χ3n) is 4.37. The van der Waals surface area contributed by atoms with Gasteiger partial charge in [-0.15, -0.1) is 0 Å². The Morgan fingerprint density at radius 1 is 1.13 bits per heavy atom. The number of benzene rings is 1. The van der Waals surface area contributed by atoms with Crippen LogP contribution in [0.3, 0.4) is 0 Å². The quantitative estimate of drug-likeness (QED) is 0.776. The van der Waals surface area contributed by atoms with Crippen molar-refractivity contribution in [1.29, 1.82) is 0 Å². The van der Waals surface area contributed by atoms with Crippen molar-refractivity contribution in [2.45, 2.75) is 64.1 Å². The molecule has 2 rings (SSSR count). The van der Waals surface area contributed by atoms with Crippen LogP contribution >= 0.6 is 0 Å². The molecule has 5 heteroatoms. The van der Waals surface area contributed by atoms with E-state index in [-0.39, 0.29) is 11.9 Å². The molecule has 1 fully saturated rings. The number of rotatable bonds is 5. The molecule has 2 amide bonds. The van der Waals surface area contributed by atoms with E-state index >= 15 is 0 Å². The molecular formula is C18H26N2O3. The Balaban J connectivity index is 1.85. The van der Waals surface area contributed by atoms with Crippen molar-refractivity contribution in [1.82, 2.24) is 10.6 Å². The number of amides is 2. The van der Waals surface area contributed by atoms with Crippen molar-refractivity contribution >= 4 is 11.8 Å². The lowest BCUT2D eigenvalue weighted by Gasteiger charge is -2.26. The zero-order chi connectivity index (χ0) is 16.8. The number of nitrogens with one attached hydrogen (secondary N) is 2. The van der Waals surface area contributed by atoms with Gasteiger partial charge in [0.1, 0.15) is 0 Å². The maximum atomic E-state index is 12.1. The predicted molar refractivity (Wildman–Crippen MR) is 89.1 cm³/mol. The van der Waals surface area contributed by atoms with Crippen LogP contribution in [0.5, 0.6) is 0 Å². The van der Waals surface area contributed by atoms with E-state index in [4.69, 9.17) is 0 Å². The zero-order valence-corrected chi connectivity index (χ0v) is 13.8. The molecule has 0 bridgehead atoms. The van der Waals surface area contributed by atoms with Crippen LogP contribution in [0, 0.1) is 6.92 Å². The van der Waals surface area contributed by atoms with Gasteiger partial charge in [0, 0.05) is 11.6 Å². The van der Waals surface area contributed by atoms with E-state index in [2.05, 4.69) is 10.6 Å². The average Bonchev–Trinajstić information content (AvgIpc) is 2.55. The summed E-state index contributed by atoms with van der Waals surface area (Å²) >= 11 is 0. The van der Waals surface area contributed by atoms with Crippen molar-refractivity contribution in [3.8, 4) is 0 Å². The fourth-order valence-electron chi connectivity index (χ4n) is 2.83. The standard InChI is InChI=1S/C18H26N2O3/c1-12-8-10-14(11-9-12)17(22)19-13(2)16(21)18(23)20-15-6-4-3-5-7-15/h8-11,13,15-16,21H,3-7H2,1-2H3,(H,19,22)(H,20,23)/t13-,16?/m0/s1. The van der Waals surface area contributed by atoms with Crippen LogP contribution in [-0.2, 0) is 4.79 Å². The summed E-state index contributed by atoms with van der Waals surface area (Å²) in [5.41, 5.74) is 1.59. The summed E-state index contributed by atoms with van der Waals surface area (Å²) in [5, 5.41) is 15.7. The van der Waals surface area contributed by atoms with Crippen LogP contribution in [0.4, 0.5) is 0 Å². The molecule has 2 atom stereocenters. The molecule has 1 unspecified atom stereocenters. The first-order valence-corrected chi connectivity index (χ1v) is 8.33. The highest BCUT2D eigenvalue weighted by Crippen LogP contribution is 2.17. The molecule has 0 aliphatic heterocycles. The first-order chi connectivity index (χ1) is 11.0. The van der Waals surface area contributed by atoms with Crippen LogP contribution in [-0.4, -0.2) is 35.1 Å². The molecule has 0 radical (unpaired) electrons. The van der Waals surface area contributed by atoms with Crippen LogP contribution < -0.4 is 10.6 Å². The van der Waals surface area contributed by atoms with Gasteiger partial charge in [0.25, 0.3) is 11.8 Å². The van der Waals surface area contributed by atoms with Crippen molar-refractivity contribution in [2.24, 2.45) is 0 Å². The molecule has 0 heterocycles. The molecule has 23 heavy (non-hydrogen) atoms. The molecule has 1 aliphatic rings. The van der Waals surface area contributed by atoms with Crippen molar-refractivity contribution in [3.05, 3.63) is 35.4 Å². The first-order valence-electron chi connectivity index (χ1n) is 8.33. The monoisotopic (exact) mass is 318 g/mol. The molecule has 0 aromatic heterocycles. The molecular weight excluding hydrogens is 292 g/mol. The molecule has 0 saturated heterocycles. The maximum Gasteiger partial charge on any atom is 0.251 e. The van der Waals surface area contributed by atoms with Crippen molar-refractivity contribution in [2.75, 3.05) is 0 Å². The summed E-state index contributed by atoms with van der Waals surface area (Å²) in [6, 6.07) is 6.66. The highest BCUT2D eigenvalue weighted by atomic mass is 16.3. The maximum absolute atomic E-state index is 12.1. The number of carbonyl (C=O) groups is 2. The van der Waals surface area contributed by atoms with Gasteiger partial charge in [-0.2, -0.15) is 0 Å². The van der Waals surface area contributed by atoms with Gasteiger partial charge >= 0.3 is 0 Å². The zero-order valence-electron chi connectivity index (χ0n) is 13.8. The second-order valence-electron chi connectivity index (χ2n) is 6.42. The lowest BCUT2D eigenvalue weighted by Crippen LogP contribution is -2.51. The van der Waals surface area contributed by atoms with E-state index in [1.165, 1.54) is 6.42 Å². The van der Waals surface area contributed by atoms with E-state index in [0.717, 1.165) is 31.2 Å². The van der Waals surface area contributed by atoms with E-state index in [1.54, 1.807) is 19.1 Å². The normalized spacial score (nSPS) is 18.0. The Hall–Kier alpha value is -1.88. The molecule has 0 spiro atoms. The highest BCUT2D eigenvalue weighted by Gasteiger charge is 2.26. The minimum atomic E-state index is -1.24. The Morgan fingerprint density at radius 2 is 1.74 bits per heavy atom. The van der Waals surface area contributed by atoms with Gasteiger partial charge in [-0.05, 0) is 38.8 Å². The first kappa shape index (κ1) is 17.5. The number of aliphatic hydroxyl groups excluding tert-OH is 1. The number of hydrogen-bond donors (Lipinski definition) is 3. The summed E-state index contributed by atoms with van der Waals surface area (Å²) in [5.74, 6) is -0.698. The van der Waals surface area contributed by atoms with Crippen LogP contribution in [0.1, 0.15) is 54.9 Å². The fourth-order valence-corrected chi connectivity index (χ4v) is 2.83. The van der Waals surface area contributed by atoms with E-state index in [1.807, 2.05) is 19.1 Å². The van der Waals surface area contributed by atoms with E-state index in [0.29, 0.717) is 5.56 Å². The number of aliphatic hydroxyl groups is 1. The predicted octanol–water partition coefficient (Wildman–Crippen LogP) is 1.92. The van der Waals surface area contributed by atoms with Gasteiger partial charge in [-0.25, -0.2) is 0 Å². The minimum Gasteiger partial charge on any atom is -0.381 e. The van der Waals surface area contributed by atoms with E-state index in [9.17, 15) is 14.7 Å². The van der Waals surface area contributed by atoms with E-state index < -0.39 is 18.1 Å². The highest BCUT2D eigenvalue weighted by molar-refractivity contribution is 5.95. The summed E-state index contributed by atoms with van der Waals surface area (Å²) in [6.07, 6.45) is 4.11. The summed E-state index contributed by atoms with van der Waals surface area (Å²) in [6.45, 7) is 3.58. The molecule has 1 saturated carbocycles. The summed E-state index contributed by atoms with van der Waals surface area (Å²) in [4.78, 5) is 24.2. The van der Waals surface area contributed by atoms with Gasteiger partial charge < -0.3 is 15.7 Å². The molecule has 1 aromatic carbocycles. The molecule has 1 aromatic rings. The van der Waals surface area contributed by atoms with Gasteiger partial charge in [0.15, 0.2) is 6.10 Å². The fraction of sp³-hybridized carbons (Fsp3) is 0.556. The Morgan fingerprint density at radius 3 is 2.35 bits per heavy atom. The van der Waals surface area contributed by atoms with Crippen LogP contribution in [0.2, 0.25) is 0 Å². The molecule has 5 nitrogen and oxygen atoms in total. The van der Waals surface area contributed by atoms with Crippen LogP contribution in [0.15, 0.2) is 24.3 Å². The minimum absolute atomic E-state index is 0.144. The Bertz CT molecular complexity index is 536. The van der Waals surface area contributed by atoms with Gasteiger partial charge in [0.05, 0.1) is 6.04 Å².